The number of ether oxygens (including phenoxy) is 1. The van der Waals surface area contributed by atoms with Crippen molar-refractivity contribution in [3.8, 4) is 5.88 Å². The molecule has 4 rings (SSSR count). The van der Waals surface area contributed by atoms with Gasteiger partial charge in [-0.15, -0.1) is 0 Å². The lowest BCUT2D eigenvalue weighted by Gasteiger charge is -2.41. The molecule has 2 aromatic heterocycles. The molecule has 0 bridgehead atoms. The number of rotatable bonds is 3. The van der Waals surface area contributed by atoms with Gasteiger partial charge in [0, 0.05) is 42.7 Å². The summed E-state index contributed by atoms with van der Waals surface area (Å²) in [6, 6.07) is 10.5. The second-order valence-corrected chi connectivity index (χ2v) is 7.09. The first-order valence-corrected chi connectivity index (χ1v) is 9.82. The molecule has 1 aliphatic heterocycles. The molecule has 0 unspecified atom stereocenters. The lowest BCUT2D eigenvalue weighted by atomic mass is 9.89. The monoisotopic (exact) mass is 382 g/mol. The number of nitrogens with zero attached hydrogens (tertiary/aromatic N) is 4. The average Bonchev–Trinajstić information content (AvgIpc) is 2.66. The van der Waals surface area contributed by atoms with Gasteiger partial charge in [0.2, 0.25) is 5.88 Å². The van der Waals surface area contributed by atoms with Gasteiger partial charge in [-0.2, -0.15) is 0 Å². The van der Waals surface area contributed by atoms with Crippen LogP contribution in [0.3, 0.4) is 0 Å². The third kappa shape index (κ3) is 3.60. The van der Waals surface area contributed by atoms with Crippen LogP contribution in [0.15, 0.2) is 53.8 Å². The van der Waals surface area contributed by atoms with E-state index in [2.05, 4.69) is 14.9 Å². The number of likely N-dealkylation sites (tertiary alicyclic amines) is 1. The molecular weight excluding hydrogens is 363 g/mol. The third-order valence-corrected chi connectivity index (χ3v) is 5.38. The van der Waals surface area contributed by atoms with E-state index in [1.807, 2.05) is 24.5 Å². The fourth-order valence-corrected chi connectivity index (χ4v) is 3.85. The lowest BCUT2D eigenvalue weighted by Crippen LogP contribution is -2.47. The van der Waals surface area contributed by atoms with Crippen molar-refractivity contribution in [3.05, 3.63) is 60.2 Å². The van der Waals surface area contributed by atoms with Gasteiger partial charge in [-0.1, -0.05) is 11.8 Å². The molecule has 3 heterocycles. The van der Waals surface area contributed by atoms with Crippen molar-refractivity contribution in [2.24, 2.45) is 4.99 Å². The fraction of sp³-hybridized carbons (Fsp3) is 0.250. The van der Waals surface area contributed by atoms with E-state index >= 15 is 0 Å². The average molecular weight is 382 g/mol. The van der Waals surface area contributed by atoms with Crippen molar-refractivity contribution >= 4 is 33.5 Å². The Kier molecular flexibility index (Phi) is 4.94. The maximum absolute atomic E-state index is 13.5. The summed E-state index contributed by atoms with van der Waals surface area (Å²) in [7, 11) is 1.59. The van der Waals surface area contributed by atoms with Crippen molar-refractivity contribution in [2.75, 3.05) is 26.5 Å². The number of methoxy groups -OCH3 is 1. The summed E-state index contributed by atoms with van der Waals surface area (Å²) in [5, 5.41) is 1.98. The van der Waals surface area contributed by atoms with E-state index in [9.17, 15) is 4.39 Å². The molecule has 7 heteroatoms. The molecule has 0 atom stereocenters. The van der Waals surface area contributed by atoms with Crippen LogP contribution in [0.5, 0.6) is 5.88 Å². The highest BCUT2D eigenvalue weighted by Crippen LogP contribution is 2.34. The molecule has 0 N–H and O–H groups in total. The van der Waals surface area contributed by atoms with E-state index in [1.54, 1.807) is 37.3 Å². The number of hydrogen-bond donors (Lipinski definition) is 0. The standard InChI is InChI=1S/C20H19FN4OS/c1-26-19-6-4-15(10-23-19)24-20(27-2)25-11-13(12-25)16-7-8-22-18-9-14(21)3-5-17(16)18/h3-10,13H,11-12H2,1-2H3/b24-20+. The number of pyridine rings is 2. The number of amidine groups is 1. The molecule has 5 nitrogen and oxygen atoms in total. The molecule has 0 spiro atoms. The quantitative estimate of drug-likeness (QED) is 0.501. The summed E-state index contributed by atoms with van der Waals surface area (Å²) in [6.45, 7) is 1.75. The number of aromatic nitrogens is 2. The Bertz CT molecular complexity index is 987. The number of aliphatic imine (C=N–C) groups is 1. The van der Waals surface area contributed by atoms with E-state index in [0.717, 1.165) is 29.3 Å². The Hall–Kier alpha value is -2.67. The molecule has 138 valence electrons. The summed E-state index contributed by atoms with van der Waals surface area (Å²) in [4.78, 5) is 15.4. The highest BCUT2D eigenvalue weighted by Gasteiger charge is 2.31. The van der Waals surface area contributed by atoms with Crippen LogP contribution in [0.4, 0.5) is 10.1 Å². The van der Waals surface area contributed by atoms with E-state index in [0.29, 0.717) is 17.3 Å². The molecule has 1 aromatic carbocycles. The SMILES string of the molecule is COc1ccc(/N=C(/SC)N2CC(c3ccnc4cc(F)ccc34)C2)cn1. The summed E-state index contributed by atoms with van der Waals surface area (Å²) in [5.74, 6) is 0.698. The van der Waals surface area contributed by atoms with Gasteiger partial charge in [-0.05, 0) is 36.1 Å². The number of thioether (sulfide) groups is 1. The van der Waals surface area contributed by atoms with Crippen LogP contribution in [0.1, 0.15) is 11.5 Å². The van der Waals surface area contributed by atoms with Gasteiger partial charge in [0.25, 0.3) is 0 Å². The van der Waals surface area contributed by atoms with Crippen LogP contribution in [-0.4, -0.2) is 46.5 Å². The van der Waals surface area contributed by atoms with Crippen molar-refractivity contribution in [3.63, 3.8) is 0 Å². The number of fused-ring (bicyclic) bond motifs is 1. The molecule has 0 aliphatic carbocycles. The summed E-state index contributed by atoms with van der Waals surface area (Å²) < 4.78 is 18.5. The van der Waals surface area contributed by atoms with E-state index in [-0.39, 0.29) is 5.82 Å². The number of hydrogen-bond acceptors (Lipinski definition) is 5. The van der Waals surface area contributed by atoms with Crippen LogP contribution in [0.2, 0.25) is 0 Å². The molecule has 1 aliphatic rings. The summed E-state index contributed by atoms with van der Waals surface area (Å²) in [5.41, 5.74) is 2.71. The first kappa shape index (κ1) is 17.7. The minimum atomic E-state index is -0.257. The van der Waals surface area contributed by atoms with E-state index < -0.39 is 0 Å². The Labute approximate surface area is 161 Å². The van der Waals surface area contributed by atoms with Crippen LogP contribution in [0, 0.1) is 5.82 Å². The maximum atomic E-state index is 13.5. The normalized spacial score (nSPS) is 15.1. The smallest absolute Gasteiger partial charge is 0.213 e. The molecule has 1 fully saturated rings. The number of halogens is 1. The minimum absolute atomic E-state index is 0.257. The Morgan fingerprint density at radius 2 is 2.07 bits per heavy atom. The summed E-state index contributed by atoms with van der Waals surface area (Å²) in [6.07, 6.45) is 5.48. The van der Waals surface area contributed by atoms with Crippen molar-refractivity contribution in [1.29, 1.82) is 0 Å². The van der Waals surface area contributed by atoms with Gasteiger partial charge in [0.15, 0.2) is 5.17 Å². The molecule has 0 saturated carbocycles. The number of benzene rings is 1. The third-order valence-electron chi connectivity index (χ3n) is 4.67. The first-order valence-electron chi connectivity index (χ1n) is 8.60. The Morgan fingerprint density at radius 1 is 1.22 bits per heavy atom. The van der Waals surface area contributed by atoms with Crippen LogP contribution in [-0.2, 0) is 0 Å². The second kappa shape index (κ2) is 7.52. The van der Waals surface area contributed by atoms with Crippen molar-refractivity contribution in [2.45, 2.75) is 5.92 Å². The predicted molar refractivity (Wildman–Crippen MR) is 107 cm³/mol. The Morgan fingerprint density at radius 3 is 2.78 bits per heavy atom. The zero-order valence-corrected chi connectivity index (χ0v) is 15.9. The zero-order valence-electron chi connectivity index (χ0n) is 15.1. The zero-order chi connectivity index (χ0) is 18.8. The summed E-state index contributed by atoms with van der Waals surface area (Å²) >= 11 is 1.62. The van der Waals surface area contributed by atoms with Crippen molar-refractivity contribution in [1.82, 2.24) is 14.9 Å². The van der Waals surface area contributed by atoms with Crippen LogP contribution < -0.4 is 4.74 Å². The topological polar surface area (TPSA) is 50.6 Å². The fourth-order valence-electron chi connectivity index (χ4n) is 3.25. The van der Waals surface area contributed by atoms with Gasteiger partial charge >= 0.3 is 0 Å². The van der Waals surface area contributed by atoms with E-state index in [1.165, 1.54) is 17.7 Å². The second-order valence-electron chi connectivity index (χ2n) is 6.32. The first-order chi connectivity index (χ1) is 13.2. The Balaban J connectivity index is 1.51. The molecular formula is C20H19FN4OS. The molecule has 3 aromatic rings. The molecule has 0 radical (unpaired) electrons. The van der Waals surface area contributed by atoms with Crippen LogP contribution in [0.25, 0.3) is 10.9 Å². The minimum Gasteiger partial charge on any atom is -0.481 e. The van der Waals surface area contributed by atoms with Gasteiger partial charge in [0.1, 0.15) is 5.82 Å². The highest BCUT2D eigenvalue weighted by atomic mass is 32.2. The largest absolute Gasteiger partial charge is 0.481 e. The van der Waals surface area contributed by atoms with Crippen molar-refractivity contribution < 1.29 is 9.13 Å². The molecule has 0 amide bonds. The van der Waals surface area contributed by atoms with Gasteiger partial charge in [0.05, 0.1) is 24.5 Å². The maximum Gasteiger partial charge on any atom is 0.213 e. The predicted octanol–water partition coefficient (Wildman–Crippen LogP) is 4.23. The van der Waals surface area contributed by atoms with Crippen LogP contribution >= 0.6 is 11.8 Å². The van der Waals surface area contributed by atoms with Gasteiger partial charge in [-0.3, -0.25) is 4.98 Å². The van der Waals surface area contributed by atoms with E-state index in [4.69, 9.17) is 9.73 Å². The highest BCUT2D eigenvalue weighted by molar-refractivity contribution is 8.13. The van der Waals surface area contributed by atoms with Gasteiger partial charge in [-0.25, -0.2) is 14.4 Å². The molecule has 1 saturated heterocycles. The lowest BCUT2D eigenvalue weighted by molar-refractivity contribution is 0.259. The van der Waals surface area contributed by atoms with Gasteiger partial charge < -0.3 is 9.64 Å². The molecule has 27 heavy (non-hydrogen) atoms.